The standard InChI is InChI=1S/Li.5H2O.2Ta.H/h;5*1H2;;;/q+1;;;;;;;;-1. The van der Waals surface area contributed by atoms with Gasteiger partial charge in [-0.25, -0.2) is 0 Å². The summed E-state index contributed by atoms with van der Waals surface area (Å²) in [6, 6.07) is 0. The van der Waals surface area contributed by atoms with Gasteiger partial charge in [-0.3, -0.25) is 0 Å². The molecule has 0 aromatic rings. The van der Waals surface area contributed by atoms with Crippen LogP contribution in [0.5, 0.6) is 0 Å². The Balaban J connectivity index is 0. The zero-order valence-electron chi connectivity index (χ0n) is 5.39. The second kappa shape index (κ2) is 156. The zero-order valence-corrected chi connectivity index (χ0v) is 10.8. The van der Waals surface area contributed by atoms with Crippen molar-refractivity contribution in [3.8, 4) is 0 Å². The van der Waals surface area contributed by atoms with Gasteiger partial charge in [0, 0.05) is 44.8 Å². The summed E-state index contributed by atoms with van der Waals surface area (Å²) >= 11 is 0. The van der Waals surface area contributed by atoms with E-state index in [1.807, 2.05) is 0 Å². The van der Waals surface area contributed by atoms with Crippen molar-refractivity contribution in [1.82, 2.24) is 0 Å². The van der Waals surface area contributed by atoms with E-state index in [1.54, 1.807) is 0 Å². The fraction of sp³-hybridized carbons (Fsp3) is 0. The molecule has 0 aliphatic rings. The van der Waals surface area contributed by atoms with Crippen molar-refractivity contribution in [2.24, 2.45) is 0 Å². The van der Waals surface area contributed by atoms with Crippen LogP contribution in [-0.2, 0) is 44.8 Å². The molecule has 0 fully saturated rings. The van der Waals surface area contributed by atoms with Gasteiger partial charge in [-0.1, -0.05) is 0 Å². The first-order chi connectivity index (χ1) is 0. The van der Waals surface area contributed by atoms with Crippen molar-refractivity contribution in [3.05, 3.63) is 0 Å². The summed E-state index contributed by atoms with van der Waals surface area (Å²) in [6.45, 7) is 0. The summed E-state index contributed by atoms with van der Waals surface area (Å²) in [6.07, 6.45) is 0. The number of rotatable bonds is 0. The average molecular weight is 460 g/mol. The fourth-order valence-electron chi connectivity index (χ4n) is 0. The number of hydrogen-bond acceptors (Lipinski definition) is 0. The Kier molecular flexibility index (Phi) is 4310. The Morgan fingerprint density at radius 2 is 0.500 bits per heavy atom. The molecule has 8 heteroatoms. The van der Waals surface area contributed by atoms with Crippen molar-refractivity contribution < 1.29 is 92.4 Å². The van der Waals surface area contributed by atoms with Gasteiger partial charge in [0.15, 0.2) is 0 Å². The third-order valence-electron chi connectivity index (χ3n) is 0. The van der Waals surface area contributed by atoms with Crippen molar-refractivity contribution in [2.45, 2.75) is 0 Å². The topological polar surface area (TPSA) is 158 Å². The van der Waals surface area contributed by atoms with E-state index in [9.17, 15) is 0 Å². The van der Waals surface area contributed by atoms with Crippen LogP contribution >= 0.6 is 0 Å². The molecule has 5 nitrogen and oxygen atoms in total. The van der Waals surface area contributed by atoms with Crippen LogP contribution in [0, 0.1) is 0 Å². The largest absolute Gasteiger partial charge is 1.00 e. The Labute approximate surface area is 91.8 Å². The van der Waals surface area contributed by atoms with Crippen LogP contribution < -0.4 is 18.9 Å². The van der Waals surface area contributed by atoms with Gasteiger partial charge in [0.1, 0.15) is 0 Å². The van der Waals surface area contributed by atoms with Crippen molar-refractivity contribution >= 4 is 0 Å². The quantitative estimate of drug-likeness (QED) is 0.315. The molecule has 0 amide bonds. The molecule has 0 atom stereocenters. The molecule has 0 aliphatic carbocycles. The van der Waals surface area contributed by atoms with E-state index in [1.165, 1.54) is 0 Å². The normalized spacial score (nSPS) is 0. The molecule has 8 heavy (non-hydrogen) atoms. The van der Waals surface area contributed by atoms with E-state index in [-0.39, 0.29) is 92.4 Å². The van der Waals surface area contributed by atoms with Crippen LogP contribution in [0.1, 0.15) is 1.43 Å². The minimum atomic E-state index is 0. The first-order valence-electron chi connectivity index (χ1n) is 0. The van der Waals surface area contributed by atoms with E-state index in [0.717, 1.165) is 0 Å². The van der Waals surface area contributed by atoms with Crippen LogP contribution in [0.3, 0.4) is 0 Å². The van der Waals surface area contributed by atoms with Gasteiger partial charge in [0.05, 0.1) is 0 Å². The Morgan fingerprint density at radius 3 is 0.500 bits per heavy atom. The molecule has 10 N–H and O–H groups in total. The summed E-state index contributed by atoms with van der Waals surface area (Å²) in [7, 11) is 0. The first-order valence-corrected chi connectivity index (χ1v) is 0. The molecular weight excluding hydrogens is 449 g/mol. The number of hydrogen-bond donors (Lipinski definition) is 0. The minimum Gasteiger partial charge on any atom is -1.00 e. The predicted molar refractivity (Wildman–Crippen MR) is 19.2 cm³/mol. The minimum absolute atomic E-state index is 0. The maximum atomic E-state index is 0. The second-order valence-electron chi connectivity index (χ2n) is 0. The summed E-state index contributed by atoms with van der Waals surface area (Å²) in [5.74, 6) is 0. The van der Waals surface area contributed by atoms with Gasteiger partial charge in [0.2, 0.25) is 0 Å². The third kappa shape index (κ3) is 106. The molecule has 0 spiro atoms. The SMILES string of the molecule is O.O.O.O.O.[H-].[Li+].[Ta].[Ta]. The van der Waals surface area contributed by atoms with Crippen LogP contribution in [0.15, 0.2) is 0 Å². The van der Waals surface area contributed by atoms with E-state index in [0.29, 0.717) is 0 Å². The molecule has 0 heterocycles. The van der Waals surface area contributed by atoms with Gasteiger partial charge >= 0.3 is 18.9 Å². The molecule has 0 aromatic heterocycles. The Morgan fingerprint density at radius 1 is 0.500 bits per heavy atom. The summed E-state index contributed by atoms with van der Waals surface area (Å²) < 4.78 is 0. The Bertz CT molecular complexity index is 14.9. The molecule has 52 valence electrons. The van der Waals surface area contributed by atoms with E-state index in [4.69, 9.17) is 0 Å². The van der Waals surface area contributed by atoms with E-state index >= 15 is 0 Å². The van der Waals surface area contributed by atoms with Crippen LogP contribution in [0.25, 0.3) is 0 Å². The smallest absolute Gasteiger partial charge is 1.00 e. The van der Waals surface area contributed by atoms with Crippen LogP contribution in [0.4, 0.5) is 0 Å². The fourth-order valence-corrected chi connectivity index (χ4v) is 0. The maximum absolute atomic E-state index is 0. The molecule has 0 aliphatic heterocycles. The van der Waals surface area contributed by atoms with E-state index in [2.05, 4.69) is 0 Å². The zero-order chi connectivity index (χ0) is 0. The molecule has 0 saturated carbocycles. The summed E-state index contributed by atoms with van der Waals surface area (Å²) in [5.41, 5.74) is 0. The van der Waals surface area contributed by atoms with Crippen molar-refractivity contribution in [2.75, 3.05) is 0 Å². The summed E-state index contributed by atoms with van der Waals surface area (Å²) in [5, 5.41) is 0. The van der Waals surface area contributed by atoms with Crippen molar-refractivity contribution in [1.29, 1.82) is 0 Å². The molecular formula is H11LiO5Ta2. The first kappa shape index (κ1) is 221. The van der Waals surface area contributed by atoms with Gasteiger partial charge in [-0.2, -0.15) is 0 Å². The Hall–Kier alpha value is 1.88. The molecule has 2 radical (unpaired) electrons. The van der Waals surface area contributed by atoms with Gasteiger partial charge in [-0.15, -0.1) is 0 Å². The molecule has 0 saturated heterocycles. The summed E-state index contributed by atoms with van der Waals surface area (Å²) in [4.78, 5) is 0. The molecule has 0 rings (SSSR count). The maximum Gasteiger partial charge on any atom is 1.00 e. The third-order valence-corrected chi connectivity index (χ3v) is 0. The van der Waals surface area contributed by atoms with Gasteiger partial charge in [0.25, 0.3) is 0 Å². The van der Waals surface area contributed by atoms with Crippen molar-refractivity contribution in [3.63, 3.8) is 0 Å². The van der Waals surface area contributed by atoms with Gasteiger partial charge in [-0.05, 0) is 0 Å². The average Bonchev–Trinajstić information content (AvgIpc) is 0. The van der Waals surface area contributed by atoms with Gasteiger partial charge < -0.3 is 28.8 Å². The van der Waals surface area contributed by atoms with Crippen LogP contribution in [-0.4, -0.2) is 27.4 Å². The molecule has 0 bridgehead atoms. The monoisotopic (exact) mass is 460 g/mol. The predicted octanol–water partition coefficient (Wildman–Crippen LogP) is -7.01. The molecule has 0 unspecified atom stereocenters. The van der Waals surface area contributed by atoms with Crippen LogP contribution in [0.2, 0.25) is 0 Å². The second-order valence-corrected chi connectivity index (χ2v) is 0. The van der Waals surface area contributed by atoms with E-state index < -0.39 is 0 Å². The molecule has 0 aromatic carbocycles.